The number of benzene rings is 2. The normalized spacial score (nSPS) is 15.7. The molecule has 1 aliphatic carbocycles. The largest absolute Gasteiger partial charge is 0.331 e. The van der Waals surface area contributed by atoms with E-state index in [1.54, 1.807) is 0 Å². The van der Waals surface area contributed by atoms with Gasteiger partial charge in [0.25, 0.3) is 0 Å². The number of carbonyl (C=O) groups is 1. The molecule has 3 aromatic rings. The Bertz CT molecular complexity index is 992. The topological polar surface area (TPSA) is 59.0 Å². The van der Waals surface area contributed by atoms with Gasteiger partial charge >= 0.3 is 6.03 Å². The van der Waals surface area contributed by atoms with Gasteiger partial charge in [-0.05, 0) is 68.0 Å². The van der Waals surface area contributed by atoms with Gasteiger partial charge < -0.3 is 10.6 Å². The van der Waals surface area contributed by atoms with Crippen molar-refractivity contribution in [1.29, 1.82) is 0 Å². The zero-order chi connectivity index (χ0) is 19.5. The van der Waals surface area contributed by atoms with Gasteiger partial charge in [-0.25, -0.2) is 4.79 Å². The molecule has 1 atom stereocenters. The predicted octanol–water partition coefficient (Wildman–Crippen LogP) is 4.75. The van der Waals surface area contributed by atoms with Crippen molar-refractivity contribution in [2.24, 2.45) is 0 Å². The van der Waals surface area contributed by atoms with E-state index in [1.807, 2.05) is 35.9 Å². The fourth-order valence-electron chi connectivity index (χ4n) is 3.98. The lowest BCUT2D eigenvalue weighted by Gasteiger charge is -2.26. The Morgan fingerprint density at radius 2 is 2.00 bits per heavy atom. The summed E-state index contributed by atoms with van der Waals surface area (Å²) in [7, 11) is 0. The number of urea groups is 1. The Morgan fingerprint density at radius 3 is 2.82 bits per heavy atom. The second-order valence-corrected chi connectivity index (χ2v) is 7.53. The molecule has 0 saturated carbocycles. The number of hydrogen-bond acceptors (Lipinski definition) is 2. The van der Waals surface area contributed by atoms with Crippen LogP contribution in [0.1, 0.15) is 47.0 Å². The SMILES string of the molecule is Cc1cc(C)n(Cc2cccc(NC(=O)NC3CCCc4ccccc43)c2)n1. The third-order valence-corrected chi connectivity index (χ3v) is 5.30. The highest BCUT2D eigenvalue weighted by atomic mass is 16.2. The quantitative estimate of drug-likeness (QED) is 0.692. The predicted molar refractivity (Wildman–Crippen MR) is 112 cm³/mol. The summed E-state index contributed by atoms with van der Waals surface area (Å²) in [4.78, 5) is 12.6. The summed E-state index contributed by atoms with van der Waals surface area (Å²) < 4.78 is 1.98. The van der Waals surface area contributed by atoms with E-state index in [1.165, 1.54) is 11.1 Å². The van der Waals surface area contributed by atoms with Crippen LogP contribution in [0.25, 0.3) is 0 Å². The average Bonchev–Trinajstić information content (AvgIpc) is 2.99. The molecule has 2 N–H and O–H groups in total. The Kier molecular flexibility index (Phi) is 5.15. The van der Waals surface area contributed by atoms with Crippen molar-refractivity contribution in [1.82, 2.24) is 15.1 Å². The van der Waals surface area contributed by atoms with Crippen LogP contribution < -0.4 is 10.6 Å². The molecule has 1 unspecified atom stereocenters. The first-order chi connectivity index (χ1) is 13.6. The number of carbonyl (C=O) groups excluding carboxylic acids is 1. The molecule has 1 aromatic heterocycles. The Hall–Kier alpha value is -3.08. The van der Waals surface area contributed by atoms with Crippen LogP contribution in [-0.2, 0) is 13.0 Å². The molecule has 1 heterocycles. The maximum atomic E-state index is 12.6. The van der Waals surface area contributed by atoms with Crippen LogP contribution in [0, 0.1) is 13.8 Å². The minimum Gasteiger partial charge on any atom is -0.331 e. The van der Waals surface area contributed by atoms with Crippen LogP contribution in [0.2, 0.25) is 0 Å². The van der Waals surface area contributed by atoms with Crippen LogP contribution >= 0.6 is 0 Å². The molecule has 1 aliphatic rings. The molecule has 4 rings (SSSR count). The molecule has 28 heavy (non-hydrogen) atoms. The first-order valence-electron chi connectivity index (χ1n) is 9.84. The molecule has 144 valence electrons. The molecule has 5 heteroatoms. The number of hydrogen-bond donors (Lipinski definition) is 2. The van der Waals surface area contributed by atoms with E-state index in [2.05, 4.69) is 53.0 Å². The third-order valence-electron chi connectivity index (χ3n) is 5.30. The highest BCUT2D eigenvalue weighted by molar-refractivity contribution is 5.89. The Morgan fingerprint density at radius 1 is 1.14 bits per heavy atom. The second-order valence-electron chi connectivity index (χ2n) is 7.53. The van der Waals surface area contributed by atoms with E-state index in [4.69, 9.17) is 0 Å². The number of amides is 2. The molecule has 2 aromatic carbocycles. The standard InChI is InChI=1S/C23H26N4O/c1-16-13-17(2)27(26-16)15-18-7-5-10-20(14-18)24-23(28)25-22-12-6-9-19-8-3-4-11-21(19)22/h3-5,7-8,10-11,13-14,22H,6,9,12,15H2,1-2H3,(H2,24,25,28). The van der Waals surface area contributed by atoms with Gasteiger partial charge in [0, 0.05) is 11.4 Å². The first-order valence-corrected chi connectivity index (χ1v) is 9.84. The van der Waals surface area contributed by atoms with Gasteiger partial charge in [-0.1, -0.05) is 36.4 Å². The van der Waals surface area contributed by atoms with Crippen LogP contribution in [-0.4, -0.2) is 15.8 Å². The van der Waals surface area contributed by atoms with Gasteiger partial charge in [0.05, 0.1) is 18.3 Å². The maximum absolute atomic E-state index is 12.6. The van der Waals surface area contributed by atoms with E-state index < -0.39 is 0 Å². The Balaban J connectivity index is 1.42. The summed E-state index contributed by atoms with van der Waals surface area (Å²) >= 11 is 0. The van der Waals surface area contributed by atoms with Crippen LogP contribution in [0.4, 0.5) is 10.5 Å². The van der Waals surface area contributed by atoms with Crippen LogP contribution in [0.5, 0.6) is 0 Å². The second kappa shape index (κ2) is 7.89. The molecular weight excluding hydrogens is 348 g/mol. The summed E-state index contributed by atoms with van der Waals surface area (Å²) in [6, 6.07) is 18.3. The fraction of sp³-hybridized carbons (Fsp3) is 0.304. The fourth-order valence-corrected chi connectivity index (χ4v) is 3.98. The van der Waals surface area contributed by atoms with Gasteiger partial charge in [-0.2, -0.15) is 5.10 Å². The van der Waals surface area contributed by atoms with E-state index in [-0.39, 0.29) is 12.1 Å². The van der Waals surface area contributed by atoms with Gasteiger partial charge in [-0.15, -0.1) is 0 Å². The summed E-state index contributed by atoms with van der Waals surface area (Å²) in [5.41, 5.74) is 6.62. The minimum atomic E-state index is -0.162. The molecule has 0 aliphatic heterocycles. The molecule has 0 radical (unpaired) electrons. The van der Waals surface area contributed by atoms with Crippen molar-refractivity contribution in [3.8, 4) is 0 Å². The minimum absolute atomic E-state index is 0.0721. The van der Waals surface area contributed by atoms with Gasteiger partial charge in [0.15, 0.2) is 0 Å². The van der Waals surface area contributed by atoms with Crippen molar-refractivity contribution >= 4 is 11.7 Å². The van der Waals surface area contributed by atoms with Crippen molar-refractivity contribution in [2.45, 2.75) is 45.7 Å². The number of fused-ring (bicyclic) bond motifs is 1. The average molecular weight is 374 g/mol. The van der Waals surface area contributed by atoms with Crippen molar-refractivity contribution in [3.05, 3.63) is 82.7 Å². The molecule has 0 saturated heterocycles. The zero-order valence-electron chi connectivity index (χ0n) is 16.4. The molecule has 0 fully saturated rings. The van der Waals surface area contributed by atoms with Crippen LogP contribution in [0.15, 0.2) is 54.6 Å². The lowest BCUT2D eigenvalue weighted by Crippen LogP contribution is -2.34. The highest BCUT2D eigenvalue weighted by Crippen LogP contribution is 2.29. The van der Waals surface area contributed by atoms with Crippen molar-refractivity contribution < 1.29 is 4.79 Å². The smallest absolute Gasteiger partial charge is 0.319 e. The first kappa shape index (κ1) is 18.3. The van der Waals surface area contributed by atoms with Gasteiger partial charge in [-0.3, -0.25) is 4.68 Å². The number of nitrogens with one attached hydrogen (secondary N) is 2. The highest BCUT2D eigenvalue weighted by Gasteiger charge is 2.21. The van der Waals surface area contributed by atoms with E-state index in [0.717, 1.165) is 41.9 Å². The van der Waals surface area contributed by atoms with Crippen molar-refractivity contribution in [2.75, 3.05) is 5.32 Å². The summed E-state index contributed by atoms with van der Waals surface area (Å²) in [6.07, 6.45) is 3.16. The van der Waals surface area contributed by atoms with E-state index in [9.17, 15) is 4.79 Å². The number of aryl methyl sites for hydroxylation is 3. The van der Waals surface area contributed by atoms with Crippen LogP contribution in [0.3, 0.4) is 0 Å². The Labute approximate surface area is 165 Å². The summed E-state index contributed by atoms with van der Waals surface area (Å²) in [6.45, 7) is 4.74. The zero-order valence-corrected chi connectivity index (χ0v) is 16.4. The van der Waals surface area contributed by atoms with E-state index in [0.29, 0.717) is 6.54 Å². The third kappa shape index (κ3) is 4.09. The molecule has 2 amide bonds. The molecule has 0 spiro atoms. The van der Waals surface area contributed by atoms with Gasteiger partial charge in [0.1, 0.15) is 0 Å². The van der Waals surface area contributed by atoms with Gasteiger partial charge in [0.2, 0.25) is 0 Å². The number of rotatable bonds is 4. The monoisotopic (exact) mass is 374 g/mol. The summed E-state index contributed by atoms with van der Waals surface area (Å²) in [5.74, 6) is 0. The number of aromatic nitrogens is 2. The van der Waals surface area contributed by atoms with Crippen molar-refractivity contribution in [3.63, 3.8) is 0 Å². The molecular formula is C23H26N4O. The number of nitrogens with zero attached hydrogens (tertiary/aromatic N) is 2. The van der Waals surface area contributed by atoms with E-state index >= 15 is 0 Å². The molecule has 5 nitrogen and oxygen atoms in total. The summed E-state index contributed by atoms with van der Waals surface area (Å²) in [5, 5.41) is 10.6. The number of anilines is 1. The lowest BCUT2D eigenvalue weighted by atomic mass is 9.88. The molecule has 0 bridgehead atoms. The maximum Gasteiger partial charge on any atom is 0.319 e. The lowest BCUT2D eigenvalue weighted by molar-refractivity contribution is 0.247.